The standard InChI is InChI=1S/C10H24N.H2O/c1-5-8-10-11(4,7-3)9-6-2;/h5-10H2,1-4H3;1H2/q+1;/p-1. The van der Waals surface area contributed by atoms with Gasteiger partial charge in [0.1, 0.15) is 0 Å². The average Bonchev–Trinajstić information content (AvgIpc) is 2.02. The van der Waals surface area contributed by atoms with Gasteiger partial charge in [-0.1, -0.05) is 20.3 Å². The van der Waals surface area contributed by atoms with Crippen molar-refractivity contribution in [2.45, 2.75) is 40.0 Å². The van der Waals surface area contributed by atoms with Crippen molar-refractivity contribution in [1.29, 1.82) is 0 Å². The van der Waals surface area contributed by atoms with Crippen LogP contribution in [0.25, 0.3) is 0 Å². The SMILES string of the molecule is CCCC[N+](C)(CC)CCC.[OH-]. The minimum Gasteiger partial charge on any atom is -0.870 e. The van der Waals surface area contributed by atoms with Crippen LogP contribution in [0.5, 0.6) is 0 Å². The molecule has 76 valence electrons. The van der Waals surface area contributed by atoms with Gasteiger partial charge in [-0.3, -0.25) is 0 Å². The highest BCUT2D eigenvalue weighted by atomic mass is 16.0. The van der Waals surface area contributed by atoms with E-state index in [0.29, 0.717) is 0 Å². The van der Waals surface area contributed by atoms with Crippen molar-refractivity contribution in [1.82, 2.24) is 0 Å². The van der Waals surface area contributed by atoms with Crippen molar-refractivity contribution in [3.05, 3.63) is 0 Å². The molecule has 0 aromatic rings. The lowest BCUT2D eigenvalue weighted by atomic mass is 10.2. The van der Waals surface area contributed by atoms with Crippen molar-refractivity contribution in [2.24, 2.45) is 0 Å². The second kappa shape index (κ2) is 7.56. The Kier molecular flexibility index (Phi) is 9.10. The highest BCUT2D eigenvalue weighted by Crippen LogP contribution is 2.06. The molecule has 0 saturated heterocycles. The molecule has 0 aliphatic heterocycles. The van der Waals surface area contributed by atoms with E-state index in [2.05, 4.69) is 27.8 Å². The Balaban J connectivity index is 0. The van der Waals surface area contributed by atoms with Gasteiger partial charge in [0.25, 0.3) is 0 Å². The van der Waals surface area contributed by atoms with Gasteiger partial charge in [-0.25, -0.2) is 0 Å². The average molecular weight is 175 g/mol. The number of rotatable bonds is 6. The molecule has 0 amide bonds. The molecule has 0 heterocycles. The van der Waals surface area contributed by atoms with Crippen LogP contribution in [0.2, 0.25) is 0 Å². The number of nitrogens with zero attached hydrogens (tertiary/aromatic N) is 1. The van der Waals surface area contributed by atoms with E-state index in [0.717, 1.165) is 0 Å². The Morgan fingerprint density at radius 1 is 0.917 bits per heavy atom. The third-order valence-electron chi connectivity index (χ3n) is 2.58. The summed E-state index contributed by atoms with van der Waals surface area (Å²) < 4.78 is 1.27. The monoisotopic (exact) mass is 175 g/mol. The highest BCUT2D eigenvalue weighted by Gasteiger charge is 2.15. The minimum atomic E-state index is 0. The first kappa shape index (κ1) is 14.4. The molecule has 1 N–H and O–H groups in total. The number of quaternary nitrogens is 1. The van der Waals surface area contributed by atoms with E-state index in [-0.39, 0.29) is 5.48 Å². The molecule has 0 aliphatic rings. The molecule has 0 saturated carbocycles. The van der Waals surface area contributed by atoms with Crippen molar-refractivity contribution < 1.29 is 9.96 Å². The van der Waals surface area contributed by atoms with Gasteiger partial charge >= 0.3 is 0 Å². The van der Waals surface area contributed by atoms with Crippen LogP contribution < -0.4 is 0 Å². The molecule has 2 heteroatoms. The van der Waals surface area contributed by atoms with Crippen LogP contribution in [-0.4, -0.2) is 36.6 Å². The van der Waals surface area contributed by atoms with Gasteiger partial charge in [-0.15, -0.1) is 0 Å². The van der Waals surface area contributed by atoms with E-state index in [9.17, 15) is 0 Å². The Morgan fingerprint density at radius 3 is 1.83 bits per heavy atom. The number of hydrogen-bond acceptors (Lipinski definition) is 1. The first-order valence-corrected chi connectivity index (χ1v) is 5.02. The lowest BCUT2D eigenvalue weighted by Gasteiger charge is -2.33. The van der Waals surface area contributed by atoms with Crippen LogP contribution in [0, 0.1) is 0 Å². The van der Waals surface area contributed by atoms with E-state index in [1.54, 1.807) is 0 Å². The fourth-order valence-electron chi connectivity index (χ4n) is 1.51. The Labute approximate surface area is 77.5 Å². The molecule has 0 aromatic heterocycles. The molecule has 1 atom stereocenters. The number of hydrogen-bond donors (Lipinski definition) is 0. The van der Waals surface area contributed by atoms with Crippen molar-refractivity contribution in [3.8, 4) is 0 Å². The Bertz CT molecular complexity index is 95.8. The maximum atomic E-state index is 2.37. The van der Waals surface area contributed by atoms with E-state index < -0.39 is 0 Å². The lowest BCUT2D eigenvalue weighted by molar-refractivity contribution is -0.908. The van der Waals surface area contributed by atoms with Gasteiger partial charge in [0, 0.05) is 0 Å². The maximum Gasteiger partial charge on any atom is 0.0784 e. The van der Waals surface area contributed by atoms with E-state index in [1.165, 1.54) is 43.4 Å². The molecule has 0 aliphatic carbocycles. The zero-order valence-corrected chi connectivity index (χ0v) is 9.14. The molecule has 0 fully saturated rings. The third-order valence-corrected chi connectivity index (χ3v) is 2.58. The van der Waals surface area contributed by atoms with Crippen molar-refractivity contribution in [3.63, 3.8) is 0 Å². The van der Waals surface area contributed by atoms with Gasteiger partial charge in [0.05, 0.1) is 26.7 Å². The van der Waals surface area contributed by atoms with Crippen LogP contribution in [0.3, 0.4) is 0 Å². The van der Waals surface area contributed by atoms with Crippen LogP contribution in [0.15, 0.2) is 0 Å². The zero-order valence-electron chi connectivity index (χ0n) is 9.14. The summed E-state index contributed by atoms with van der Waals surface area (Å²) in [7, 11) is 2.37. The molecule has 0 radical (unpaired) electrons. The largest absolute Gasteiger partial charge is 0.870 e. The minimum absolute atomic E-state index is 0. The molecule has 0 aromatic carbocycles. The first-order chi connectivity index (χ1) is 5.18. The molecular formula is C10H25NO. The molecule has 0 spiro atoms. The molecule has 0 bridgehead atoms. The van der Waals surface area contributed by atoms with Gasteiger partial charge in [-0.2, -0.15) is 0 Å². The topological polar surface area (TPSA) is 30.0 Å². The van der Waals surface area contributed by atoms with Gasteiger partial charge in [0.15, 0.2) is 0 Å². The predicted octanol–water partition coefficient (Wildman–Crippen LogP) is 2.49. The normalized spacial score (nSPS) is 15.0. The molecular weight excluding hydrogens is 150 g/mol. The molecule has 12 heavy (non-hydrogen) atoms. The van der Waals surface area contributed by atoms with E-state index in [4.69, 9.17) is 0 Å². The summed E-state index contributed by atoms with van der Waals surface area (Å²) in [5.41, 5.74) is 0. The zero-order chi connectivity index (χ0) is 8.74. The smallest absolute Gasteiger partial charge is 0.0784 e. The van der Waals surface area contributed by atoms with Gasteiger partial charge < -0.3 is 9.96 Å². The summed E-state index contributed by atoms with van der Waals surface area (Å²) in [5, 5.41) is 0. The van der Waals surface area contributed by atoms with Crippen molar-refractivity contribution >= 4 is 0 Å². The Morgan fingerprint density at radius 2 is 1.50 bits per heavy atom. The van der Waals surface area contributed by atoms with Crippen molar-refractivity contribution in [2.75, 3.05) is 26.7 Å². The first-order valence-electron chi connectivity index (χ1n) is 5.02. The number of unbranched alkanes of at least 4 members (excludes halogenated alkanes) is 1. The second-order valence-electron chi connectivity index (χ2n) is 3.74. The van der Waals surface area contributed by atoms with E-state index >= 15 is 0 Å². The van der Waals surface area contributed by atoms with Gasteiger partial charge in [-0.05, 0) is 19.8 Å². The third kappa shape index (κ3) is 5.56. The Hall–Kier alpha value is -0.0800. The summed E-state index contributed by atoms with van der Waals surface area (Å²) in [6.07, 6.45) is 4.02. The fraction of sp³-hybridized carbons (Fsp3) is 1.00. The summed E-state index contributed by atoms with van der Waals surface area (Å²) >= 11 is 0. The summed E-state index contributed by atoms with van der Waals surface area (Å²) in [5.74, 6) is 0. The molecule has 1 unspecified atom stereocenters. The van der Waals surface area contributed by atoms with E-state index in [1.807, 2.05) is 0 Å². The summed E-state index contributed by atoms with van der Waals surface area (Å²) in [4.78, 5) is 0. The lowest BCUT2D eigenvalue weighted by Crippen LogP contribution is -2.45. The highest BCUT2D eigenvalue weighted by molar-refractivity contribution is 4.37. The van der Waals surface area contributed by atoms with Crippen LogP contribution in [0.4, 0.5) is 0 Å². The fourth-order valence-corrected chi connectivity index (χ4v) is 1.51. The summed E-state index contributed by atoms with van der Waals surface area (Å²) in [6.45, 7) is 10.8. The van der Waals surface area contributed by atoms with Crippen LogP contribution in [-0.2, 0) is 0 Å². The quantitative estimate of drug-likeness (QED) is 0.570. The second-order valence-corrected chi connectivity index (χ2v) is 3.74. The summed E-state index contributed by atoms with van der Waals surface area (Å²) in [6, 6.07) is 0. The maximum absolute atomic E-state index is 2.37. The molecule has 0 rings (SSSR count). The van der Waals surface area contributed by atoms with Crippen LogP contribution >= 0.6 is 0 Å². The van der Waals surface area contributed by atoms with Crippen LogP contribution in [0.1, 0.15) is 40.0 Å². The molecule has 2 nitrogen and oxygen atoms in total. The predicted molar refractivity (Wildman–Crippen MR) is 53.6 cm³/mol. The van der Waals surface area contributed by atoms with Gasteiger partial charge in [0.2, 0.25) is 0 Å².